The number of carbonyl (C=O) groups is 1. The van der Waals surface area contributed by atoms with E-state index in [1.54, 1.807) is 0 Å². The van der Waals surface area contributed by atoms with E-state index in [-0.39, 0.29) is 11.9 Å². The molecule has 0 unspecified atom stereocenters. The number of amides is 1. The number of piperidine rings is 1. The summed E-state index contributed by atoms with van der Waals surface area (Å²) >= 11 is 0. The summed E-state index contributed by atoms with van der Waals surface area (Å²) < 4.78 is 5.51. The first-order valence-electron chi connectivity index (χ1n) is 10.00. The molecule has 0 saturated carbocycles. The Morgan fingerprint density at radius 3 is 2.30 bits per heavy atom. The third kappa shape index (κ3) is 4.40. The van der Waals surface area contributed by atoms with E-state index in [2.05, 4.69) is 46.2 Å². The molecule has 0 bridgehead atoms. The van der Waals surface area contributed by atoms with Gasteiger partial charge in [-0.15, -0.1) is 0 Å². The molecule has 2 aromatic carbocycles. The van der Waals surface area contributed by atoms with E-state index in [1.807, 2.05) is 24.3 Å². The van der Waals surface area contributed by atoms with Gasteiger partial charge in [0.25, 0.3) is 0 Å². The average molecular weight is 364 g/mol. The minimum absolute atomic E-state index is 0.135. The number of nitrogens with zero attached hydrogens (tertiary/aromatic N) is 2. The number of hydrogen-bond donors (Lipinski definition) is 0. The molecule has 0 spiro atoms. The first-order valence-corrected chi connectivity index (χ1v) is 10.00. The lowest BCUT2D eigenvalue weighted by Gasteiger charge is -2.44. The van der Waals surface area contributed by atoms with E-state index in [4.69, 9.17) is 4.74 Å². The van der Waals surface area contributed by atoms with E-state index in [0.29, 0.717) is 18.9 Å². The molecule has 2 saturated heterocycles. The van der Waals surface area contributed by atoms with Crippen molar-refractivity contribution in [3.8, 4) is 0 Å². The molecule has 4 rings (SSSR count). The maximum Gasteiger partial charge on any atom is 0.223 e. The highest BCUT2D eigenvalue weighted by Gasteiger charge is 2.37. The van der Waals surface area contributed by atoms with E-state index in [9.17, 15) is 4.79 Å². The first-order chi connectivity index (χ1) is 13.3. The van der Waals surface area contributed by atoms with Gasteiger partial charge in [-0.2, -0.15) is 0 Å². The van der Waals surface area contributed by atoms with E-state index >= 15 is 0 Å². The normalized spacial score (nSPS) is 24.1. The van der Waals surface area contributed by atoms with E-state index < -0.39 is 0 Å². The Morgan fingerprint density at radius 1 is 0.926 bits per heavy atom. The fraction of sp³-hybridized carbons (Fsp3) is 0.435. The molecule has 1 amide bonds. The molecule has 2 aliphatic heterocycles. The lowest BCUT2D eigenvalue weighted by molar-refractivity contribution is -0.140. The fourth-order valence-corrected chi connectivity index (χ4v) is 4.40. The molecule has 142 valence electrons. The molecule has 0 N–H and O–H groups in total. The van der Waals surface area contributed by atoms with Crippen molar-refractivity contribution < 1.29 is 9.53 Å². The molecule has 2 atom stereocenters. The van der Waals surface area contributed by atoms with Gasteiger partial charge in [0.15, 0.2) is 0 Å². The van der Waals surface area contributed by atoms with Crippen LogP contribution < -0.4 is 0 Å². The van der Waals surface area contributed by atoms with Gasteiger partial charge in [0, 0.05) is 32.6 Å². The molecule has 2 aromatic rings. The van der Waals surface area contributed by atoms with Gasteiger partial charge in [-0.1, -0.05) is 60.7 Å². The molecule has 4 heteroatoms. The molecule has 2 heterocycles. The number of benzene rings is 2. The van der Waals surface area contributed by atoms with Crippen LogP contribution in [-0.4, -0.2) is 48.6 Å². The van der Waals surface area contributed by atoms with Crippen LogP contribution in [0.4, 0.5) is 0 Å². The van der Waals surface area contributed by atoms with Gasteiger partial charge in [0.1, 0.15) is 0 Å². The summed E-state index contributed by atoms with van der Waals surface area (Å²) in [5, 5.41) is 0. The molecule has 4 nitrogen and oxygen atoms in total. The number of likely N-dealkylation sites (tertiary alicyclic amines) is 1. The smallest absolute Gasteiger partial charge is 0.223 e. The predicted molar refractivity (Wildman–Crippen MR) is 106 cm³/mol. The highest BCUT2D eigenvalue weighted by molar-refractivity contribution is 5.77. The van der Waals surface area contributed by atoms with Crippen molar-refractivity contribution in [1.82, 2.24) is 9.80 Å². The van der Waals surface area contributed by atoms with Gasteiger partial charge in [-0.25, -0.2) is 0 Å². The summed E-state index contributed by atoms with van der Waals surface area (Å²) in [7, 11) is 0. The van der Waals surface area contributed by atoms with Crippen LogP contribution in [0, 0.1) is 5.92 Å². The predicted octanol–water partition coefficient (Wildman–Crippen LogP) is 3.50. The van der Waals surface area contributed by atoms with Crippen molar-refractivity contribution in [2.24, 2.45) is 5.92 Å². The Bertz CT molecular complexity index is 729. The Labute approximate surface area is 161 Å². The summed E-state index contributed by atoms with van der Waals surface area (Å²) in [6.45, 7) is 5.32. The summed E-state index contributed by atoms with van der Waals surface area (Å²) in [6.07, 6.45) is 1.60. The molecule has 2 fully saturated rings. The van der Waals surface area contributed by atoms with Gasteiger partial charge >= 0.3 is 0 Å². The van der Waals surface area contributed by atoms with Gasteiger partial charge in [0.2, 0.25) is 5.91 Å². The quantitative estimate of drug-likeness (QED) is 0.814. The van der Waals surface area contributed by atoms with Crippen LogP contribution in [-0.2, 0) is 16.1 Å². The topological polar surface area (TPSA) is 32.8 Å². The number of rotatable bonds is 5. The largest absolute Gasteiger partial charge is 0.379 e. The summed E-state index contributed by atoms with van der Waals surface area (Å²) in [5.74, 6) is 0.720. The summed E-state index contributed by atoms with van der Waals surface area (Å²) in [4.78, 5) is 17.5. The van der Waals surface area contributed by atoms with E-state index in [0.717, 1.165) is 39.3 Å². The third-order valence-corrected chi connectivity index (χ3v) is 5.76. The zero-order chi connectivity index (χ0) is 18.5. The highest BCUT2D eigenvalue weighted by Crippen LogP contribution is 2.38. The fourth-order valence-electron chi connectivity index (χ4n) is 4.40. The van der Waals surface area contributed by atoms with Crippen molar-refractivity contribution in [2.75, 3.05) is 32.8 Å². The number of ether oxygens (including phenoxy) is 1. The minimum atomic E-state index is 0.135. The number of morpholine rings is 1. The van der Waals surface area contributed by atoms with Gasteiger partial charge in [-0.05, 0) is 23.5 Å². The van der Waals surface area contributed by atoms with Crippen LogP contribution in [0.5, 0.6) is 0 Å². The Kier molecular flexibility index (Phi) is 5.85. The maximum absolute atomic E-state index is 12.9. The van der Waals surface area contributed by atoms with Crippen LogP contribution >= 0.6 is 0 Å². The van der Waals surface area contributed by atoms with Crippen LogP contribution in [0.15, 0.2) is 60.7 Å². The maximum atomic E-state index is 12.9. The Balaban J connectivity index is 1.61. The van der Waals surface area contributed by atoms with Crippen LogP contribution in [0.1, 0.15) is 30.0 Å². The van der Waals surface area contributed by atoms with Gasteiger partial charge in [0.05, 0.1) is 19.3 Å². The first kappa shape index (κ1) is 18.2. The number of hydrogen-bond acceptors (Lipinski definition) is 3. The van der Waals surface area contributed by atoms with Crippen molar-refractivity contribution in [1.29, 1.82) is 0 Å². The third-order valence-electron chi connectivity index (χ3n) is 5.76. The average Bonchev–Trinajstić information content (AvgIpc) is 2.73. The zero-order valence-electron chi connectivity index (χ0n) is 15.8. The lowest BCUT2D eigenvalue weighted by atomic mass is 9.83. The molecule has 27 heavy (non-hydrogen) atoms. The SMILES string of the molecule is O=C1CC[C@@H](CN2CCOCC2)[C@H](c2ccccc2)N1Cc1ccccc1. The highest BCUT2D eigenvalue weighted by atomic mass is 16.5. The monoisotopic (exact) mass is 364 g/mol. The molecule has 0 radical (unpaired) electrons. The molecule has 0 aliphatic carbocycles. The van der Waals surface area contributed by atoms with Crippen molar-refractivity contribution in [2.45, 2.75) is 25.4 Å². The number of carbonyl (C=O) groups excluding carboxylic acids is 1. The molecule has 2 aliphatic rings. The van der Waals surface area contributed by atoms with Crippen LogP contribution in [0.3, 0.4) is 0 Å². The second-order valence-corrected chi connectivity index (χ2v) is 7.57. The summed E-state index contributed by atoms with van der Waals surface area (Å²) in [5.41, 5.74) is 2.44. The summed E-state index contributed by atoms with van der Waals surface area (Å²) in [6, 6.07) is 21.0. The van der Waals surface area contributed by atoms with Crippen molar-refractivity contribution in [3.05, 3.63) is 71.8 Å². The van der Waals surface area contributed by atoms with Gasteiger partial charge in [-0.3, -0.25) is 9.69 Å². The molecule has 0 aromatic heterocycles. The minimum Gasteiger partial charge on any atom is -0.379 e. The molecular weight excluding hydrogens is 336 g/mol. The second kappa shape index (κ2) is 8.68. The van der Waals surface area contributed by atoms with Crippen molar-refractivity contribution in [3.63, 3.8) is 0 Å². The van der Waals surface area contributed by atoms with Crippen LogP contribution in [0.25, 0.3) is 0 Å². The van der Waals surface area contributed by atoms with Crippen molar-refractivity contribution >= 4 is 5.91 Å². The Morgan fingerprint density at radius 2 is 1.59 bits per heavy atom. The lowest BCUT2D eigenvalue weighted by Crippen LogP contribution is -2.48. The molecular formula is C23H28N2O2. The van der Waals surface area contributed by atoms with Crippen LogP contribution in [0.2, 0.25) is 0 Å². The standard InChI is InChI=1S/C23H28N2O2/c26-22-12-11-21(18-24-13-15-27-16-14-24)23(20-9-5-2-6-10-20)25(22)17-19-7-3-1-4-8-19/h1-10,21,23H,11-18H2/t21-,23-/m0/s1. The second-order valence-electron chi connectivity index (χ2n) is 7.57. The van der Waals surface area contributed by atoms with Gasteiger partial charge < -0.3 is 9.64 Å². The van der Waals surface area contributed by atoms with E-state index in [1.165, 1.54) is 11.1 Å². The Hall–Kier alpha value is -2.17. The zero-order valence-corrected chi connectivity index (χ0v) is 15.8.